The minimum Gasteiger partial charge on any atom is -0.497 e. The van der Waals surface area contributed by atoms with Crippen LogP contribution in [0.1, 0.15) is 11.3 Å². The Morgan fingerprint density at radius 1 is 1.17 bits per heavy atom. The molecule has 5 nitrogen and oxygen atoms in total. The minimum atomic E-state index is 0.209. The SMILES string of the molecule is COc1ccc(-c2nc(CON=Cc3ccccc3Cl)co2)cc1. The van der Waals surface area contributed by atoms with Crippen LogP contribution in [-0.2, 0) is 11.4 Å². The summed E-state index contributed by atoms with van der Waals surface area (Å²) in [4.78, 5) is 9.60. The molecule has 0 amide bonds. The Labute approximate surface area is 144 Å². The average Bonchev–Trinajstić information content (AvgIpc) is 3.09. The number of hydrogen-bond acceptors (Lipinski definition) is 5. The van der Waals surface area contributed by atoms with E-state index < -0.39 is 0 Å². The standard InChI is InChI=1S/C18H15ClN2O3/c1-22-16-8-6-13(7-9-16)18-21-15(11-23-18)12-24-20-10-14-4-2-3-5-17(14)19/h2-11H,12H2,1H3. The Bertz CT molecular complexity index is 828. The molecule has 0 fully saturated rings. The highest BCUT2D eigenvalue weighted by molar-refractivity contribution is 6.33. The van der Waals surface area contributed by atoms with Gasteiger partial charge in [-0.3, -0.25) is 0 Å². The highest BCUT2D eigenvalue weighted by Crippen LogP contribution is 2.22. The Morgan fingerprint density at radius 2 is 1.96 bits per heavy atom. The van der Waals surface area contributed by atoms with Crippen LogP contribution >= 0.6 is 11.6 Å². The zero-order chi connectivity index (χ0) is 16.8. The zero-order valence-corrected chi connectivity index (χ0v) is 13.7. The van der Waals surface area contributed by atoms with E-state index in [1.807, 2.05) is 42.5 Å². The molecule has 0 radical (unpaired) electrons. The number of hydrogen-bond donors (Lipinski definition) is 0. The molecule has 0 bridgehead atoms. The number of oxime groups is 1. The summed E-state index contributed by atoms with van der Waals surface area (Å²) in [6, 6.07) is 14.8. The van der Waals surface area contributed by atoms with Gasteiger partial charge in [-0.05, 0) is 30.3 Å². The zero-order valence-electron chi connectivity index (χ0n) is 13.0. The first-order valence-corrected chi connectivity index (χ1v) is 7.63. The predicted molar refractivity (Wildman–Crippen MR) is 92.3 cm³/mol. The van der Waals surface area contributed by atoms with Gasteiger partial charge in [-0.1, -0.05) is 35.0 Å². The summed E-state index contributed by atoms with van der Waals surface area (Å²) in [6.07, 6.45) is 3.11. The van der Waals surface area contributed by atoms with Crippen LogP contribution in [-0.4, -0.2) is 18.3 Å². The first kappa shape index (κ1) is 16.1. The van der Waals surface area contributed by atoms with Gasteiger partial charge in [0.2, 0.25) is 5.89 Å². The average molecular weight is 343 g/mol. The lowest BCUT2D eigenvalue weighted by molar-refractivity contribution is 0.129. The van der Waals surface area contributed by atoms with E-state index >= 15 is 0 Å². The van der Waals surface area contributed by atoms with Crippen LogP contribution in [0.3, 0.4) is 0 Å². The van der Waals surface area contributed by atoms with E-state index in [1.165, 1.54) is 0 Å². The van der Waals surface area contributed by atoms with E-state index in [1.54, 1.807) is 25.7 Å². The van der Waals surface area contributed by atoms with Gasteiger partial charge in [0.15, 0.2) is 6.61 Å². The van der Waals surface area contributed by atoms with Crippen LogP contribution in [0.15, 0.2) is 64.4 Å². The molecule has 122 valence electrons. The summed E-state index contributed by atoms with van der Waals surface area (Å²) < 4.78 is 10.6. The normalized spacial score (nSPS) is 10.9. The quantitative estimate of drug-likeness (QED) is 0.487. The van der Waals surface area contributed by atoms with Crippen molar-refractivity contribution in [2.24, 2.45) is 5.16 Å². The third-order valence-corrected chi connectivity index (χ3v) is 3.62. The van der Waals surface area contributed by atoms with Crippen LogP contribution < -0.4 is 4.74 Å². The molecule has 0 unspecified atom stereocenters. The predicted octanol–water partition coefficient (Wildman–Crippen LogP) is 4.55. The van der Waals surface area contributed by atoms with Gasteiger partial charge in [0.05, 0.1) is 13.3 Å². The molecule has 0 atom stereocenters. The van der Waals surface area contributed by atoms with E-state index in [0.717, 1.165) is 16.9 Å². The second-order valence-electron chi connectivity index (χ2n) is 4.90. The fraction of sp³-hybridized carbons (Fsp3) is 0.111. The molecule has 0 aliphatic heterocycles. The third kappa shape index (κ3) is 3.94. The van der Waals surface area contributed by atoms with Crippen molar-refractivity contribution in [3.05, 3.63) is 71.1 Å². The van der Waals surface area contributed by atoms with Gasteiger partial charge in [-0.2, -0.15) is 0 Å². The van der Waals surface area contributed by atoms with Crippen molar-refractivity contribution >= 4 is 17.8 Å². The Kier molecular flexibility index (Phi) is 5.13. The number of nitrogens with zero attached hydrogens (tertiary/aromatic N) is 2. The topological polar surface area (TPSA) is 56.9 Å². The summed E-state index contributed by atoms with van der Waals surface area (Å²) in [5.74, 6) is 1.30. The number of benzene rings is 2. The number of ether oxygens (including phenoxy) is 1. The molecule has 1 aromatic heterocycles. The molecule has 0 aliphatic carbocycles. The molecule has 0 N–H and O–H groups in total. The second kappa shape index (κ2) is 7.66. The summed E-state index contributed by atoms with van der Waals surface area (Å²) in [5, 5.41) is 4.51. The van der Waals surface area contributed by atoms with Gasteiger partial charge in [0.1, 0.15) is 17.7 Å². The lowest BCUT2D eigenvalue weighted by Gasteiger charge is -1.99. The minimum absolute atomic E-state index is 0.209. The van der Waals surface area contributed by atoms with Crippen molar-refractivity contribution in [3.8, 4) is 17.2 Å². The summed E-state index contributed by atoms with van der Waals surface area (Å²) in [6.45, 7) is 0.209. The van der Waals surface area contributed by atoms with Gasteiger partial charge >= 0.3 is 0 Å². The third-order valence-electron chi connectivity index (χ3n) is 3.27. The molecule has 2 aromatic carbocycles. The molecule has 3 rings (SSSR count). The highest BCUT2D eigenvalue weighted by Gasteiger charge is 2.07. The molecule has 6 heteroatoms. The Hall–Kier alpha value is -2.79. The maximum Gasteiger partial charge on any atom is 0.226 e. The number of halogens is 1. The van der Waals surface area contributed by atoms with Crippen molar-refractivity contribution in [2.45, 2.75) is 6.61 Å². The van der Waals surface area contributed by atoms with Crippen molar-refractivity contribution in [1.82, 2.24) is 4.98 Å². The van der Waals surface area contributed by atoms with Gasteiger partial charge in [0, 0.05) is 16.1 Å². The molecule has 3 aromatic rings. The highest BCUT2D eigenvalue weighted by atomic mass is 35.5. The fourth-order valence-electron chi connectivity index (χ4n) is 2.02. The molecule has 1 heterocycles. The van der Waals surface area contributed by atoms with E-state index in [2.05, 4.69) is 10.1 Å². The van der Waals surface area contributed by atoms with E-state index in [-0.39, 0.29) is 6.61 Å². The van der Waals surface area contributed by atoms with Crippen LogP contribution in [0.5, 0.6) is 5.75 Å². The smallest absolute Gasteiger partial charge is 0.226 e. The van der Waals surface area contributed by atoms with Crippen molar-refractivity contribution in [1.29, 1.82) is 0 Å². The molecular weight excluding hydrogens is 328 g/mol. The van der Waals surface area contributed by atoms with Gasteiger partial charge in [0.25, 0.3) is 0 Å². The Morgan fingerprint density at radius 3 is 2.71 bits per heavy atom. The second-order valence-corrected chi connectivity index (χ2v) is 5.31. The lowest BCUT2D eigenvalue weighted by Crippen LogP contribution is -1.89. The van der Waals surface area contributed by atoms with Crippen LogP contribution in [0.4, 0.5) is 0 Å². The fourth-order valence-corrected chi connectivity index (χ4v) is 2.20. The van der Waals surface area contributed by atoms with Gasteiger partial charge < -0.3 is 14.0 Å². The van der Waals surface area contributed by atoms with Gasteiger partial charge in [-0.15, -0.1) is 0 Å². The summed E-state index contributed by atoms with van der Waals surface area (Å²) in [5.41, 5.74) is 2.30. The van der Waals surface area contributed by atoms with Crippen molar-refractivity contribution in [3.63, 3.8) is 0 Å². The molecular formula is C18H15ClN2O3. The van der Waals surface area contributed by atoms with Gasteiger partial charge in [-0.25, -0.2) is 4.98 Å². The van der Waals surface area contributed by atoms with Crippen LogP contribution in [0, 0.1) is 0 Å². The maximum atomic E-state index is 6.03. The van der Waals surface area contributed by atoms with E-state index in [4.69, 9.17) is 25.6 Å². The number of rotatable bonds is 6. The van der Waals surface area contributed by atoms with E-state index in [9.17, 15) is 0 Å². The van der Waals surface area contributed by atoms with E-state index in [0.29, 0.717) is 16.6 Å². The molecule has 0 aliphatic rings. The maximum absolute atomic E-state index is 6.03. The number of oxazole rings is 1. The largest absolute Gasteiger partial charge is 0.497 e. The van der Waals surface area contributed by atoms with Crippen LogP contribution in [0.25, 0.3) is 11.5 Å². The Balaban J connectivity index is 1.59. The molecule has 24 heavy (non-hydrogen) atoms. The van der Waals surface area contributed by atoms with Crippen molar-refractivity contribution in [2.75, 3.05) is 7.11 Å². The number of aromatic nitrogens is 1. The molecule has 0 spiro atoms. The number of methoxy groups -OCH3 is 1. The molecule has 0 saturated heterocycles. The summed E-state index contributed by atoms with van der Waals surface area (Å²) >= 11 is 6.03. The first-order valence-electron chi connectivity index (χ1n) is 7.25. The lowest BCUT2D eigenvalue weighted by atomic mass is 10.2. The molecule has 0 saturated carbocycles. The monoisotopic (exact) mass is 342 g/mol. The van der Waals surface area contributed by atoms with Crippen molar-refractivity contribution < 1.29 is 14.0 Å². The summed E-state index contributed by atoms with van der Waals surface area (Å²) in [7, 11) is 1.62. The first-order chi connectivity index (χ1) is 11.8. The van der Waals surface area contributed by atoms with Crippen LogP contribution in [0.2, 0.25) is 5.02 Å².